The summed E-state index contributed by atoms with van der Waals surface area (Å²) in [6.45, 7) is 3.23. The molecule has 1 aliphatic carbocycles. The fourth-order valence-electron chi connectivity index (χ4n) is 5.09. The molecule has 1 heterocycles. The number of rotatable bonds is 8. The van der Waals surface area contributed by atoms with Gasteiger partial charge >= 0.3 is 0 Å². The number of carbonyl (C=O) groups excluding carboxylic acids is 1. The first-order valence-electron chi connectivity index (χ1n) is 13.1. The molecule has 5 rings (SSSR count). The van der Waals surface area contributed by atoms with Crippen LogP contribution in [0.3, 0.4) is 0 Å². The minimum atomic E-state index is -0.0397. The third-order valence-corrected chi connectivity index (χ3v) is 6.94. The Labute approximate surface area is 213 Å². The summed E-state index contributed by atoms with van der Waals surface area (Å²) in [6.07, 6.45) is 6.77. The summed E-state index contributed by atoms with van der Waals surface area (Å²) < 4.78 is 7.90. The van der Waals surface area contributed by atoms with Gasteiger partial charge in [-0.15, -0.1) is 0 Å². The van der Waals surface area contributed by atoms with Gasteiger partial charge in [0.15, 0.2) is 0 Å². The molecule has 3 aromatic carbocycles. The van der Waals surface area contributed by atoms with Crippen LogP contribution >= 0.6 is 0 Å². The molecule has 0 saturated heterocycles. The van der Waals surface area contributed by atoms with Crippen LogP contribution in [0.1, 0.15) is 53.4 Å². The van der Waals surface area contributed by atoms with Gasteiger partial charge in [0.05, 0.1) is 12.3 Å². The summed E-state index contributed by atoms with van der Waals surface area (Å²) in [5, 5.41) is 3.06. The quantitative estimate of drug-likeness (QED) is 0.284. The maximum absolute atomic E-state index is 12.8. The van der Waals surface area contributed by atoms with Crippen LogP contribution in [0.15, 0.2) is 84.9 Å². The number of carbonyl (C=O) groups is 1. The van der Waals surface area contributed by atoms with E-state index in [1.54, 1.807) is 0 Å². The molecule has 4 nitrogen and oxygen atoms in total. The average Bonchev–Trinajstić information content (AvgIpc) is 3.12. The zero-order valence-corrected chi connectivity index (χ0v) is 21.0. The fraction of sp³-hybridized carbons (Fsp3) is 0.281. The zero-order chi connectivity index (χ0) is 24.7. The minimum Gasteiger partial charge on any atom is -0.494 e. The van der Waals surface area contributed by atoms with Crippen LogP contribution in [0.25, 0.3) is 16.9 Å². The first-order chi connectivity index (χ1) is 17.7. The van der Waals surface area contributed by atoms with Crippen molar-refractivity contribution in [2.75, 3.05) is 13.2 Å². The number of hydrogen-bond acceptors (Lipinski definition) is 2. The van der Waals surface area contributed by atoms with E-state index in [9.17, 15) is 4.79 Å². The Morgan fingerprint density at radius 2 is 1.64 bits per heavy atom. The van der Waals surface area contributed by atoms with Crippen molar-refractivity contribution < 1.29 is 9.53 Å². The Morgan fingerprint density at radius 1 is 0.889 bits per heavy atom. The molecule has 184 valence electrons. The molecule has 0 radical (unpaired) electrons. The molecule has 0 aliphatic heterocycles. The van der Waals surface area contributed by atoms with Crippen molar-refractivity contribution in [3.8, 4) is 22.7 Å². The van der Waals surface area contributed by atoms with E-state index >= 15 is 0 Å². The average molecular weight is 479 g/mol. The van der Waals surface area contributed by atoms with Crippen LogP contribution in [0.5, 0.6) is 5.75 Å². The molecule has 0 atom stereocenters. The predicted octanol–water partition coefficient (Wildman–Crippen LogP) is 6.78. The standard InChI is InChI=1S/C32H34N2O2/c1-2-36-29-19-13-24(14-20-29)21-22-33-32(35)26-15-17-28(18-16-26)34-30-12-8-4-7-11-27(30)23-31(34)25-9-5-3-6-10-25/h3,5-6,9-10,13-20,23H,2,4,7-8,11-12,21-22H2,1H3,(H,33,35). The van der Waals surface area contributed by atoms with E-state index in [0.717, 1.165) is 30.7 Å². The Balaban J connectivity index is 1.31. The van der Waals surface area contributed by atoms with Gasteiger partial charge in [0.1, 0.15) is 5.75 Å². The molecular formula is C32H34N2O2. The van der Waals surface area contributed by atoms with Crippen molar-refractivity contribution >= 4 is 5.91 Å². The van der Waals surface area contributed by atoms with Crippen molar-refractivity contribution in [3.05, 3.63) is 107 Å². The van der Waals surface area contributed by atoms with Gasteiger partial charge in [-0.2, -0.15) is 0 Å². The summed E-state index contributed by atoms with van der Waals surface area (Å²) in [7, 11) is 0. The molecule has 0 spiro atoms. The smallest absolute Gasteiger partial charge is 0.251 e. The van der Waals surface area contributed by atoms with E-state index in [1.807, 2.05) is 31.2 Å². The second kappa shape index (κ2) is 11.3. The Bertz CT molecular complexity index is 1290. The largest absolute Gasteiger partial charge is 0.494 e. The van der Waals surface area contributed by atoms with Crippen molar-refractivity contribution in [1.82, 2.24) is 9.88 Å². The number of nitrogens with zero attached hydrogens (tertiary/aromatic N) is 1. The molecule has 1 aliphatic rings. The SMILES string of the molecule is CCOc1ccc(CCNC(=O)c2ccc(-n3c(-c4ccccc4)cc4c3CCCCC4)cc2)cc1. The van der Waals surface area contributed by atoms with Gasteiger partial charge in [0.2, 0.25) is 0 Å². The molecule has 1 N–H and O–H groups in total. The molecule has 1 amide bonds. The zero-order valence-electron chi connectivity index (χ0n) is 21.0. The number of hydrogen-bond donors (Lipinski definition) is 1. The Kier molecular flexibility index (Phi) is 7.51. The maximum Gasteiger partial charge on any atom is 0.251 e. The fourth-order valence-corrected chi connectivity index (χ4v) is 5.09. The topological polar surface area (TPSA) is 43.3 Å². The summed E-state index contributed by atoms with van der Waals surface area (Å²) in [5.74, 6) is 0.836. The van der Waals surface area contributed by atoms with E-state index in [1.165, 1.54) is 47.3 Å². The molecule has 0 saturated carbocycles. The van der Waals surface area contributed by atoms with E-state index in [4.69, 9.17) is 4.74 Å². The van der Waals surface area contributed by atoms with Gasteiger partial charge in [-0.05, 0) is 98.2 Å². The van der Waals surface area contributed by atoms with Gasteiger partial charge < -0.3 is 14.6 Å². The highest BCUT2D eigenvalue weighted by Gasteiger charge is 2.19. The second-order valence-electron chi connectivity index (χ2n) is 9.39. The van der Waals surface area contributed by atoms with E-state index in [-0.39, 0.29) is 5.91 Å². The number of benzene rings is 3. The molecule has 1 aromatic heterocycles. The molecule has 0 unspecified atom stereocenters. The molecule has 4 heteroatoms. The van der Waals surface area contributed by atoms with E-state index in [2.05, 4.69) is 70.5 Å². The van der Waals surface area contributed by atoms with E-state index < -0.39 is 0 Å². The van der Waals surface area contributed by atoms with Gasteiger partial charge in [0, 0.05) is 23.5 Å². The van der Waals surface area contributed by atoms with Crippen molar-refractivity contribution in [3.63, 3.8) is 0 Å². The highest BCUT2D eigenvalue weighted by Crippen LogP contribution is 2.33. The molecule has 4 aromatic rings. The lowest BCUT2D eigenvalue weighted by atomic mass is 10.1. The van der Waals surface area contributed by atoms with Crippen LogP contribution in [-0.4, -0.2) is 23.6 Å². The number of fused-ring (bicyclic) bond motifs is 1. The highest BCUT2D eigenvalue weighted by molar-refractivity contribution is 5.94. The van der Waals surface area contributed by atoms with Crippen LogP contribution in [-0.2, 0) is 19.3 Å². The van der Waals surface area contributed by atoms with Crippen LogP contribution < -0.4 is 10.1 Å². The predicted molar refractivity (Wildman–Crippen MR) is 146 cm³/mol. The lowest BCUT2D eigenvalue weighted by Gasteiger charge is -2.15. The maximum atomic E-state index is 12.8. The second-order valence-corrected chi connectivity index (χ2v) is 9.39. The number of aryl methyl sites for hydroxylation is 1. The van der Waals surface area contributed by atoms with Gasteiger partial charge in [0.25, 0.3) is 5.91 Å². The molecular weight excluding hydrogens is 444 g/mol. The highest BCUT2D eigenvalue weighted by atomic mass is 16.5. The van der Waals surface area contributed by atoms with Crippen molar-refractivity contribution in [2.24, 2.45) is 0 Å². The Morgan fingerprint density at radius 3 is 2.39 bits per heavy atom. The summed E-state index contributed by atoms with van der Waals surface area (Å²) in [4.78, 5) is 12.8. The first kappa shape index (κ1) is 23.9. The number of ether oxygens (including phenoxy) is 1. The van der Waals surface area contributed by atoms with Gasteiger partial charge in [-0.1, -0.05) is 48.9 Å². The summed E-state index contributed by atoms with van der Waals surface area (Å²) in [5.41, 5.74) is 8.31. The van der Waals surface area contributed by atoms with Crippen LogP contribution in [0.4, 0.5) is 0 Å². The van der Waals surface area contributed by atoms with E-state index in [0.29, 0.717) is 18.7 Å². The molecule has 0 bridgehead atoms. The molecule has 36 heavy (non-hydrogen) atoms. The normalized spacial score (nSPS) is 13.0. The number of nitrogens with one attached hydrogen (secondary N) is 1. The Hall–Kier alpha value is -3.79. The third kappa shape index (κ3) is 5.38. The molecule has 0 fully saturated rings. The summed E-state index contributed by atoms with van der Waals surface area (Å²) in [6, 6.07) is 29.1. The third-order valence-electron chi connectivity index (χ3n) is 6.94. The van der Waals surface area contributed by atoms with Gasteiger partial charge in [-0.3, -0.25) is 4.79 Å². The summed E-state index contributed by atoms with van der Waals surface area (Å²) >= 11 is 0. The monoisotopic (exact) mass is 478 g/mol. The van der Waals surface area contributed by atoms with Crippen LogP contribution in [0, 0.1) is 0 Å². The minimum absolute atomic E-state index is 0.0397. The number of aromatic nitrogens is 1. The van der Waals surface area contributed by atoms with Crippen molar-refractivity contribution in [1.29, 1.82) is 0 Å². The lowest BCUT2D eigenvalue weighted by Crippen LogP contribution is -2.25. The number of amides is 1. The van der Waals surface area contributed by atoms with Crippen LogP contribution in [0.2, 0.25) is 0 Å². The first-order valence-corrected chi connectivity index (χ1v) is 13.1. The lowest BCUT2D eigenvalue weighted by molar-refractivity contribution is 0.0954. The van der Waals surface area contributed by atoms with Gasteiger partial charge in [-0.25, -0.2) is 0 Å². The van der Waals surface area contributed by atoms with Crippen molar-refractivity contribution in [2.45, 2.75) is 45.4 Å².